The highest BCUT2D eigenvalue weighted by molar-refractivity contribution is 5.85. The van der Waals surface area contributed by atoms with Crippen LogP contribution in [0.1, 0.15) is 29.8 Å². The Balaban J connectivity index is 2.47. The smallest absolute Gasteiger partial charge is 0.354 e. The SMILES string of the molecule is N#CCCCCn1nccc1C(=O)O. The molecular weight excluding hydrogens is 182 g/mol. The highest BCUT2D eigenvalue weighted by atomic mass is 16.4. The van der Waals surface area contributed by atoms with E-state index in [2.05, 4.69) is 5.10 Å². The van der Waals surface area contributed by atoms with Crippen LogP contribution in [0.3, 0.4) is 0 Å². The van der Waals surface area contributed by atoms with Gasteiger partial charge in [-0.25, -0.2) is 4.79 Å². The molecule has 0 saturated carbocycles. The summed E-state index contributed by atoms with van der Waals surface area (Å²) < 4.78 is 1.44. The molecule has 0 fully saturated rings. The van der Waals surface area contributed by atoms with Crippen LogP contribution in [0.15, 0.2) is 12.3 Å². The molecule has 0 aromatic carbocycles. The summed E-state index contributed by atoms with van der Waals surface area (Å²) >= 11 is 0. The van der Waals surface area contributed by atoms with Crippen molar-refractivity contribution in [3.05, 3.63) is 18.0 Å². The van der Waals surface area contributed by atoms with Gasteiger partial charge < -0.3 is 5.11 Å². The zero-order valence-electron chi connectivity index (χ0n) is 7.68. The van der Waals surface area contributed by atoms with Gasteiger partial charge in [0.2, 0.25) is 0 Å². The summed E-state index contributed by atoms with van der Waals surface area (Å²) in [5, 5.41) is 20.9. The van der Waals surface area contributed by atoms with Crippen LogP contribution in [0.2, 0.25) is 0 Å². The predicted octanol–water partition coefficient (Wildman–Crippen LogP) is 1.28. The molecule has 1 heterocycles. The second-order valence-corrected chi connectivity index (χ2v) is 2.86. The quantitative estimate of drug-likeness (QED) is 0.714. The van der Waals surface area contributed by atoms with Crippen LogP contribution in [-0.2, 0) is 6.54 Å². The van der Waals surface area contributed by atoms with Crippen LogP contribution in [0.4, 0.5) is 0 Å². The molecule has 0 unspecified atom stereocenters. The van der Waals surface area contributed by atoms with Crippen molar-refractivity contribution in [2.75, 3.05) is 0 Å². The number of hydrogen-bond donors (Lipinski definition) is 1. The van der Waals surface area contributed by atoms with E-state index in [-0.39, 0.29) is 5.69 Å². The van der Waals surface area contributed by atoms with Crippen LogP contribution in [0, 0.1) is 11.3 Å². The Morgan fingerprint density at radius 3 is 3.07 bits per heavy atom. The molecule has 0 spiro atoms. The number of carboxylic acid groups (broad SMARTS) is 1. The van der Waals surface area contributed by atoms with Gasteiger partial charge in [-0.05, 0) is 18.9 Å². The Morgan fingerprint density at radius 2 is 2.43 bits per heavy atom. The second kappa shape index (κ2) is 5.02. The number of nitriles is 1. The first-order chi connectivity index (χ1) is 6.75. The summed E-state index contributed by atoms with van der Waals surface area (Å²) in [7, 11) is 0. The maximum Gasteiger partial charge on any atom is 0.354 e. The average Bonchev–Trinajstić information content (AvgIpc) is 2.60. The Bertz CT molecular complexity index is 351. The first-order valence-corrected chi connectivity index (χ1v) is 4.37. The minimum atomic E-state index is -0.970. The van der Waals surface area contributed by atoms with E-state index in [1.165, 1.54) is 16.9 Å². The third-order valence-electron chi connectivity index (χ3n) is 1.84. The standard InChI is InChI=1S/C9H11N3O2/c10-5-2-1-3-7-12-8(9(13)14)4-6-11-12/h4,6H,1-3,7H2,(H,13,14). The summed E-state index contributed by atoms with van der Waals surface area (Å²) in [6.45, 7) is 0.552. The Kier molecular flexibility index (Phi) is 3.68. The van der Waals surface area contributed by atoms with Crippen molar-refractivity contribution in [1.29, 1.82) is 5.26 Å². The molecule has 1 aromatic rings. The molecular formula is C9H11N3O2. The lowest BCUT2D eigenvalue weighted by molar-refractivity contribution is 0.0683. The molecule has 1 N–H and O–H groups in total. The fraction of sp³-hybridized carbons (Fsp3) is 0.444. The number of aryl methyl sites for hydroxylation is 1. The second-order valence-electron chi connectivity index (χ2n) is 2.86. The molecule has 0 bridgehead atoms. The lowest BCUT2D eigenvalue weighted by atomic mass is 10.2. The van der Waals surface area contributed by atoms with Gasteiger partial charge >= 0.3 is 5.97 Å². The number of nitrogens with zero attached hydrogens (tertiary/aromatic N) is 3. The van der Waals surface area contributed by atoms with E-state index in [1.54, 1.807) is 0 Å². The van der Waals surface area contributed by atoms with Crippen molar-refractivity contribution in [3.63, 3.8) is 0 Å². The van der Waals surface area contributed by atoms with Crippen molar-refractivity contribution in [3.8, 4) is 6.07 Å². The third-order valence-corrected chi connectivity index (χ3v) is 1.84. The number of aromatic nitrogens is 2. The topological polar surface area (TPSA) is 78.9 Å². The van der Waals surface area contributed by atoms with Crippen molar-refractivity contribution >= 4 is 5.97 Å². The van der Waals surface area contributed by atoms with Gasteiger partial charge in [-0.2, -0.15) is 10.4 Å². The lowest BCUT2D eigenvalue weighted by Crippen LogP contribution is -2.09. The van der Waals surface area contributed by atoms with E-state index in [1.807, 2.05) is 6.07 Å². The van der Waals surface area contributed by atoms with Crippen molar-refractivity contribution in [2.45, 2.75) is 25.8 Å². The van der Waals surface area contributed by atoms with Gasteiger partial charge in [-0.15, -0.1) is 0 Å². The Hall–Kier alpha value is -1.83. The summed E-state index contributed by atoms with van der Waals surface area (Å²) in [5.41, 5.74) is 0.196. The van der Waals surface area contributed by atoms with Crippen molar-refractivity contribution in [2.24, 2.45) is 0 Å². The van der Waals surface area contributed by atoms with Gasteiger partial charge in [0.25, 0.3) is 0 Å². The molecule has 0 aliphatic heterocycles. The zero-order chi connectivity index (χ0) is 10.4. The molecule has 5 heteroatoms. The van der Waals surface area contributed by atoms with E-state index in [0.717, 1.165) is 12.8 Å². The number of hydrogen-bond acceptors (Lipinski definition) is 3. The number of unbranched alkanes of at least 4 members (excludes halogenated alkanes) is 2. The summed E-state index contributed by atoms with van der Waals surface area (Å²) in [4.78, 5) is 10.7. The highest BCUT2D eigenvalue weighted by Gasteiger charge is 2.08. The Labute approximate surface area is 81.6 Å². The van der Waals surface area contributed by atoms with E-state index >= 15 is 0 Å². The molecule has 0 aliphatic carbocycles. The third kappa shape index (κ3) is 2.59. The first kappa shape index (κ1) is 10.3. The van der Waals surface area contributed by atoms with Gasteiger partial charge in [0.05, 0.1) is 6.07 Å². The molecule has 5 nitrogen and oxygen atoms in total. The lowest BCUT2D eigenvalue weighted by Gasteiger charge is -2.02. The van der Waals surface area contributed by atoms with Crippen LogP contribution in [-0.4, -0.2) is 20.9 Å². The van der Waals surface area contributed by atoms with Crippen molar-refractivity contribution < 1.29 is 9.90 Å². The maximum absolute atomic E-state index is 10.7. The molecule has 0 amide bonds. The van der Waals surface area contributed by atoms with Crippen LogP contribution in [0.25, 0.3) is 0 Å². The summed E-state index contributed by atoms with van der Waals surface area (Å²) in [6.07, 6.45) is 3.52. The van der Waals surface area contributed by atoms with E-state index in [4.69, 9.17) is 10.4 Å². The van der Waals surface area contributed by atoms with Crippen LogP contribution < -0.4 is 0 Å². The normalized spacial score (nSPS) is 9.64. The fourth-order valence-electron chi connectivity index (χ4n) is 1.16. The Morgan fingerprint density at radius 1 is 1.64 bits per heavy atom. The molecule has 0 radical (unpaired) electrons. The average molecular weight is 193 g/mol. The van der Waals surface area contributed by atoms with Gasteiger partial charge in [0, 0.05) is 19.2 Å². The molecule has 0 atom stereocenters. The van der Waals surface area contributed by atoms with Gasteiger partial charge in [-0.3, -0.25) is 4.68 Å². The monoisotopic (exact) mass is 193 g/mol. The minimum Gasteiger partial charge on any atom is -0.477 e. The van der Waals surface area contributed by atoms with E-state index < -0.39 is 5.97 Å². The molecule has 1 rings (SSSR count). The van der Waals surface area contributed by atoms with E-state index in [0.29, 0.717) is 13.0 Å². The molecule has 14 heavy (non-hydrogen) atoms. The van der Waals surface area contributed by atoms with Gasteiger partial charge in [0.15, 0.2) is 0 Å². The van der Waals surface area contributed by atoms with Gasteiger partial charge in [-0.1, -0.05) is 0 Å². The predicted molar refractivity (Wildman–Crippen MR) is 48.7 cm³/mol. The molecule has 0 saturated heterocycles. The summed E-state index contributed by atoms with van der Waals surface area (Å²) in [6, 6.07) is 3.50. The molecule has 0 aliphatic rings. The largest absolute Gasteiger partial charge is 0.477 e. The highest BCUT2D eigenvalue weighted by Crippen LogP contribution is 2.02. The van der Waals surface area contributed by atoms with Gasteiger partial charge in [0.1, 0.15) is 5.69 Å². The maximum atomic E-state index is 10.7. The molecule has 1 aromatic heterocycles. The number of carboxylic acids is 1. The molecule has 74 valence electrons. The van der Waals surface area contributed by atoms with Crippen LogP contribution in [0.5, 0.6) is 0 Å². The number of rotatable bonds is 5. The van der Waals surface area contributed by atoms with E-state index in [9.17, 15) is 4.79 Å². The minimum absolute atomic E-state index is 0.196. The number of carbonyl (C=O) groups is 1. The fourth-order valence-corrected chi connectivity index (χ4v) is 1.16. The number of aromatic carboxylic acids is 1. The summed E-state index contributed by atoms with van der Waals surface area (Å²) in [5.74, 6) is -0.970. The first-order valence-electron chi connectivity index (χ1n) is 4.37. The van der Waals surface area contributed by atoms with Crippen LogP contribution >= 0.6 is 0 Å². The van der Waals surface area contributed by atoms with Crippen molar-refractivity contribution in [1.82, 2.24) is 9.78 Å². The zero-order valence-corrected chi connectivity index (χ0v) is 7.68.